The zero-order valence-corrected chi connectivity index (χ0v) is 11.8. The van der Waals surface area contributed by atoms with Crippen LogP contribution in [0.15, 0.2) is 15.2 Å². The van der Waals surface area contributed by atoms with Crippen molar-refractivity contribution < 1.29 is 9.53 Å². The van der Waals surface area contributed by atoms with Crippen molar-refractivity contribution in [3.63, 3.8) is 0 Å². The van der Waals surface area contributed by atoms with Crippen molar-refractivity contribution in [3.05, 3.63) is 20.8 Å². The molecule has 1 atom stereocenters. The summed E-state index contributed by atoms with van der Waals surface area (Å²) < 4.78 is 6.39. The monoisotopic (exact) mass is 318 g/mol. The fourth-order valence-electron chi connectivity index (χ4n) is 1.69. The molecule has 1 aliphatic heterocycles. The molecule has 1 amide bonds. The molecule has 0 bridgehead atoms. The van der Waals surface area contributed by atoms with E-state index in [4.69, 9.17) is 4.74 Å². The van der Waals surface area contributed by atoms with Crippen LogP contribution in [0.5, 0.6) is 0 Å². The van der Waals surface area contributed by atoms with Crippen LogP contribution in [0.1, 0.15) is 12.0 Å². The summed E-state index contributed by atoms with van der Waals surface area (Å²) in [6, 6.07) is 2.17. The van der Waals surface area contributed by atoms with Gasteiger partial charge in [0.05, 0.1) is 17.0 Å². The van der Waals surface area contributed by atoms with Gasteiger partial charge in [0.2, 0.25) is 5.91 Å². The number of amides is 1. The molecule has 2 heterocycles. The van der Waals surface area contributed by atoms with Gasteiger partial charge in [0.15, 0.2) is 0 Å². The summed E-state index contributed by atoms with van der Waals surface area (Å²) in [5.41, 5.74) is 1.13. The molecule has 1 saturated heterocycles. The average molecular weight is 319 g/mol. The molecule has 1 fully saturated rings. The van der Waals surface area contributed by atoms with Gasteiger partial charge in [-0.15, -0.1) is 11.3 Å². The van der Waals surface area contributed by atoms with Crippen LogP contribution in [0.4, 0.5) is 0 Å². The first-order chi connectivity index (χ1) is 8.24. The third-order valence-electron chi connectivity index (χ3n) is 2.54. The molecule has 1 aliphatic rings. The van der Waals surface area contributed by atoms with E-state index in [1.54, 1.807) is 11.3 Å². The molecule has 1 aromatic heterocycles. The van der Waals surface area contributed by atoms with Crippen LogP contribution in [0.3, 0.4) is 0 Å². The Hall–Kier alpha value is -0.430. The fourth-order valence-corrected chi connectivity index (χ4v) is 2.90. The molecule has 0 aromatic carbocycles. The maximum absolute atomic E-state index is 11.7. The lowest BCUT2D eigenvalue weighted by Crippen LogP contribution is -2.44. The molecule has 6 heteroatoms. The Balaban J connectivity index is 1.70. The lowest BCUT2D eigenvalue weighted by atomic mass is 10.2. The van der Waals surface area contributed by atoms with Crippen LogP contribution in [-0.4, -0.2) is 31.7 Å². The number of carbonyl (C=O) groups is 1. The Morgan fingerprint density at radius 2 is 2.59 bits per heavy atom. The van der Waals surface area contributed by atoms with E-state index in [2.05, 4.69) is 26.6 Å². The number of nitrogens with one attached hydrogen (secondary N) is 2. The van der Waals surface area contributed by atoms with E-state index in [1.165, 1.54) is 0 Å². The van der Waals surface area contributed by atoms with E-state index in [0.717, 1.165) is 22.5 Å². The largest absolute Gasteiger partial charge is 0.378 e. The first-order valence-electron chi connectivity index (χ1n) is 5.55. The first kappa shape index (κ1) is 13.0. The molecule has 0 spiro atoms. The molecule has 2 N–H and O–H groups in total. The lowest BCUT2D eigenvalue weighted by Gasteiger charge is -2.23. The van der Waals surface area contributed by atoms with Gasteiger partial charge >= 0.3 is 0 Å². The minimum absolute atomic E-state index is 0.0651. The van der Waals surface area contributed by atoms with Gasteiger partial charge in [-0.2, -0.15) is 0 Å². The average Bonchev–Trinajstić information content (AvgIpc) is 2.74. The molecule has 1 unspecified atom stereocenters. The molecule has 0 saturated carbocycles. The topological polar surface area (TPSA) is 50.4 Å². The molecule has 2 rings (SSSR count). The Labute approximate surface area is 113 Å². The van der Waals surface area contributed by atoms with Crippen LogP contribution in [-0.2, 0) is 16.1 Å². The number of ether oxygens (including phenoxy) is 1. The van der Waals surface area contributed by atoms with E-state index in [0.29, 0.717) is 19.6 Å². The van der Waals surface area contributed by atoms with E-state index in [9.17, 15) is 4.79 Å². The van der Waals surface area contributed by atoms with E-state index >= 15 is 0 Å². The molecular formula is C11H15BrN2O2S. The Bertz CT molecular complexity index is 377. The predicted octanol–water partition coefficient (Wildman–Crippen LogP) is 1.51. The van der Waals surface area contributed by atoms with Crippen molar-refractivity contribution in [3.8, 4) is 0 Å². The highest BCUT2D eigenvalue weighted by Gasteiger charge is 2.16. The summed E-state index contributed by atoms with van der Waals surface area (Å²) in [7, 11) is 0. The third kappa shape index (κ3) is 4.39. The van der Waals surface area contributed by atoms with Crippen LogP contribution >= 0.6 is 27.3 Å². The van der Waals surface area contributed by atoms with Crippen LogP contribution in [0.2, 0.25) is 0 Å². The van der Waals surface area contributed by atoms with Crippen LogP contribution in [0.25, 0.3) is 0 Å². The Kier molecular flexibility index (Phi) is 4.97. The van der Waals surface area contributed by atoms with Crippen LogP contribution < -0.4 is 10.6 Å². The van der Waals surface area contributed by atoms with E-state index < -0.39 is 0 Å². The van der Waals surface area contributed by atoms with E-state index in [-0.39, 0.29) is 11.9 Å². The number of carbonyl (C=O) groups excluding carboxylic acids is 1. The minimum atomic E-state index is 0.0651. The highest BCUT2D eigenvalue weighted by molar-refractivity contribution is 9.11. The maximum Gasteiger partial charge on any atom is 0.221 e. The van der Waals surface area contributed by atoms with Crippen molar-refractivity contribution in [2.75, 3.05) is 19.8 Å². The summed E-state index contributed by atoms with van der Waals surface area (Å²) in [5, 5.41) is 8.21. The SMILES string of the molecule is O=C(CC1COCCN1)NCc1csc(Br)c1. The summed E-state index contributed by atoms with van der Waals surface area (Å²) in [4.78, 5) is 11.7. The van der Waals surface area contributed by atoms with Gasteiger partial charge in [-0.25, -0.2) is 0 Å². The standard InChI is InChI=1S/C11H15BrN2O2S/c12-10-3-8(7-17-10)5-14-11(15)4-9-6-16-2-1-13-9/h3,7,9,13H,1-2,4-6H2,(H,14,15). The zero-order valence-electron chi connectivity index (χ0n) is 9.37. The summed E-state index contributed by atoms with van der Waals surface area (Å²) >= 11 is 5.02. The highest BCUT2D eigenvalue weighted by atomic mass is 79.9. The summed E-state index contributed by atoms with van der Waals surface area (Å²) in [5.74, 6) is 0.0651. The molecule has 0 aliphatic carbocycles. The second kappa shape index (κ2) is 6.49. The number of hydrogen-bond donors (Lipinski definition) is 2. The van der Waals surface area contributed by atoms with Gasteiger partial charge in [-0.3, -0.25) is 4.79 Å². The number of morpholine rings is 1. The Morgan fingerprint density at radius 1 is 1.71 bits per heavy atom. The second-order valence-corrected chi connectivity index (χ2v) is 6.26. The van der Waals surface area contributed by atoms with Crippen molar-refractivity contribution in [2.24, 2.45) is 0 Å². The van der Waals surface area contributed by atoms with Crippen molar-refractivity contribution >= 4 is 33.2 Å². The summed E-state index contributed by atoms with van der Waals surface area (Å²) in [6.45, 7) is 2.78. The smallest absolute Gasteiger partial charge is 0.221 e. The van der Waals surface area contributed by atoms with Gasteiger partial charge in [0, 0.05) is 25.6 Å². The lowest BCUT2D eigenvalue weighted by molar-refractivity contribution is -0.122. The quantitative estimate of drug-likeness (QED) is 0.884. The molecule has 4 nitrogen and oxygen atoms in total. The Morgan fingerprint density at radius 3 is 3.24 bits per heavy atom. The van der Waals surface area contributed by atoms with Crippen LogP contribution in [0, 0.1) is 0 Å². The third-order valence-corrected chi connectivity index (χ3v) is 4.09. The number of hydrogen-bond acceptors (Lipinski definition) is 4. The predicted molar refractivity (Wildman–Crippen MR) is 71.1 cm³/mol. The van der Waals surface area contributed by atoms with Gasteiger partial charge < -0.3 is 15.4 Å². The minimum Gasteiger partial charge on any atom is -0.378 e. The normalized spacial score (nSPS) is 20.2. The number of halogens is 1. The van der Waals surface area contributed by atoms with Crippen molar-refractivity contribution in [1.82, 2.24) is 10.6 Å². The second-order valence-electron chi connectivity index (χ2n) is 3.97. The van der Waals surface area contributed by atoms with Gasteiger partial charge in [0.1, 0.15) is 0 Å². The van der Waals surface area contributed by atoms with E-state index in [1.807, 2.05) is 11.4 Å². The zero-order chi connectivity index (χ0) is 12.1. The maximum atomic E-state index is 11.7. The first-order valence-corrected chi connectivity index (χ1v) is 7.22. The fraction of sp³-hybridized carbons (Fsp3) is 0.545. The molecule has 1 aromatic rings. The highest BCUT2D eigenvalue weighted by Crippen LogP contribution is 2.20. The molecule has 0 radical (unpaired) electrons. The summed E-state index contributed by atoms with van der Waals surface area (Å²) in [6.07, 6.45) is 0.477. The number of thiophene rings is 1. The van der Waals surface area contributed by atoms with Crippen molar-refractivity contribution in [1.29, 1.82) is 0 Å². The van der Waals surface area contributed by atoms with Gasteiger partial charge in [-0.1, -0.05) is 0 Å². The molecule has 94 valence electrons. The van der Waals surface area contributed by atoms with Crippen molar-refractivity contribution in [2.45, 2.75) is 19.0 Å². The van der Waals surface area contributed by atoms with Gasteiger partial charge in [0.25, 0.3) is 0 Å². The number of rotatable bonds is 4. The molecule has 17 heavy (non-hydrogen) atoms. The van der Waals surface area contributed by atoms with Gasteiger partial charge in [-0.05, 0) is 32.9 Å². The molecular weight excluding hydrogens is 304 g/mol.